The average molecular weight is 410 g/mol. The molecule has 0 saturated heterocycles. The van der Waals surface area contributed by atoms with Crippen molar-refractivity contribution in [1.82, 2.24) is 14.5 Å². The summed E-state index contributed by atoms with van der Waals surface area (Å²) in [6, 6.07) is 15.6. The number of fused-ring (bicyclic) bond motifs is 1. The molecule has 0 aliphatic heterocycles. The van der Waals surface area contributed by atoms with Crippen LogP contribution in [0.1, 0.15) is 31.4 Å². The first-order chi connectivity index (χ1) is 14.0. The van der Waals surface area contributed by atoms with E-state index in [2.05, 4.69) is 43.1 Å². The lowest BCUT2D eigenvalue weighted by molar-refractivity contribution is -0.129. The summed E-state index contributed by atoms with van der Waals surface area (Å²) < 4.78 is 1.64. The number of hydrogen-bond acceptors (Lipinski definition) is 4. The topological polar surface area (TPSA) is 55.2 Å². The van der Waals surface area contributed by atoms with Crippen LogP contribution in [0.4, 0.5) is 0 Å². The van der Waals surface area contributed by atoms with Gasteiger partial charge in [-0.3, -0.25) is 14.2 Å². The molecule has 0 spiro atoms. The Morgan fingerprint density at radius 1 is 1.10 bits per heavy atom. The average Bonchev–Trinajstić information content (AvgIpc) is 2.73. The number of benzene rings is 2. The van der Waals surface area contributed by atoms with Crippen LogP contribution >= 0.6 is 11.8 Å². The summed E-state index contributed by atoms with van der Waals surface area (Å²) in [4.78, 5) is 32.2. The number of para-hydroxylation sites is 1. The van der Waals surface area contributed by atoms with Gasteiger partial charge in [-0.1, -0.05) is 60.6 Å². The molecular weight excluding hydrogens is 382 g/mol. The number of amides is 1. The van der Waals surface area contributed by atoms with E-state index in [1.807, 2.05) is 30.0 Å². The number of thioether (sulfide) groups is 1. The summed E-state index contributed by atoms with van der Waals surface area (Å²) in [6.07, 6.45) is 0.899. The lowest BCUT2D eigenvalue weighted by Crippen LogP contribution is -2.33. The van der Waals surface area contributed by atoms with Crippen LogP contribution in [0.15, 0.2) is 58.5 Å². The zero-order chi connectivity index (χ0) is 20.8. The molecule has 2 aromatic carbocycles. The van der Waals surface area contributed by atoms with Crippen LogP contribution in [0.25, 0.3) is 10.9 Å². The molecule has 0 saturated carbocycles. The minimum Gasteiger partial charge on any atom is -0.338 e. The van der Waals surface area contributed by atoms with Crippen LogP contribution in [-0.4, -0.2) is 32.7 Å². The summed E-state index contributed by atoms with van der Waals surface area (Å²) in [5.41, 5.74) is 2.94. The second-order valence-electron chi connectivity index (χ2n) is 7.05. The molecule has 0 aliphatic rings. The predicted octanol–water partition coefficient (Wildman–Crippen LogP) is 4.26. The van der Waals surface area contributed by atoms with Gasteiger partial charge in [0, 0.05) is 19.6 Å². The molecule has 152 valence electrons. The van der Waals surface area contributed by atoms with Gasteiger partial charge in [0.15, 0.2) is 5.16 Å². The Morgan fingerprint density at radius 2 is 1.83 bits per heavy atom. The maximum absolute atomic E-state index is 12.9. The number of carbonyl (C=O) groups is 1. The molecule has 0 aliphatic carbocycles. The van der Waals surface area contributed by atoms with Crippen molar-refractivity contribution in [3.63, 3.8) is 0 Å². The molecule has 0 atom stereocenters. The normalized spacial score (nSPS) is 11.0. The van der Waals surface area contributed by atoms with Gasteiger partial charge in [0.05, 0.1) is 16.7 Å². The van der Waals surface area contributed by atoms with Gasteiger partial charge in [0.1, 0.15) is 0 Å². The van der Waals surface area contributed by atoms with Crippen LogP contribution < -0.4 is 5.56 Å². The second kappa shape index (κ2) is 9.74. The monoisotopic (exact) mass is 409 g/mol. The molecule has 1 amide bonds. The highest BCUT2D eigenvalue weighted by Gasteiger charge is 2.16. The van der Waals surface area contributed by atoms with Gasteiger partial charge in [0.2, 0.25) is 5.91 Å². The van der Waals surface area contributed by atoms with Crippen molar-refractivity contribution in [3.05, 3.63) is 70.0 Å². The molecule has 1 heterocycles. The van der Waals surface area contributed by atoms with Gasteiger partial charge in [-0.15, -0.1) is 0 Å². The Morgan fingerprint density at radius 3 is 2.52 bits per heavy atom. The SMILES string of the molecule is CCCN(Cc1ccc(C)cc1)C(=O)CSc1nc2ccccc2c(=O)n1CC. The molecule has 0 fully saturated rings. The van der Waals surface area contributed by atoms with Gasteiger partial charge >= 0.3 is 0 Å². The fraction of sp³-hybridized carbons (Fsp3) is 0.348. The molecular formula is C23H27N3O2S. The maximum atomic E-state index is 12.9. The van der Waals surface area contributed by atoms with E-state index in [1.54, 1.807) is 10.6 Å². The van der Waals surface area contributed by atoms with Gasteiger partial charge < -0.3 is 4.90 Å². The van der Waals surface area contributed by atoms with E-state index in [1.165, 1.54) is 17.3 Å². The van der Waals surface area contributed by atoms with E-state index in [9.17, 15) is 9.59 Å². The summed E-state index contributed by atoms with van der Waals surface area (Å²) in [7, 11) is 0. The van der Waals surface area contributed by atoms with Crippen LogP contribution in [0.3, 0.4) is 0 Å². The standard InChI is InChI=1S/C23H27N3O2S/c1-4-14-25(15-18-12-10-17(3)11-13-18)21(27)16-29-23-24-20-9-7-6-8-19(20)22(28)26(23)5-2/h6-13H,4-5,14-16H2,1-3H3. The highest BCUT2D eigenvalue weighted by Crippen LogP contribution is 2.19. The fourth-order valence-corrected chi connectivity index (χ4v) is 4.20. The zero-order valence-corrected chi connectivity index (χ0v) is 18.0. The van der Waals surface area contributed by atoms with Crippen LogP contribution in [0.5, 0.6) is 0 Å². The van der Waals surface area contributed by atoms with E-state index >= 15 is 0 Å². The summed E-state index contributed by atoms with van der Waals surface area (Å²) >= 11 is 1.34. The molecule has 3 aromatic rings. The van der Waals surface area contributed by atoms with E-state index in [0.29, 0.717) is 35.7 Å². The molecule has 0 bridgehead atoms. The molecule has 5 nitrogen and oxygen atoms in total. The first-order valence-corrected chi connectivity index (χ1v) is 11.0. The van der Waals surface area contributed by atoms with E-state index < -0.39 is 0 Å². The molecule has 1 aromatic heterocycles. The Balaban J connectivity index is 1.77. The van der Waals surface area contributed by atoms with Crippen molar-refractivity contribution < 1.29 is 4.79 Å². The third kappa shape index (κ3) is 5.07. The van der Waals surface area contributed by atoms with Crippen molar-refractivity contribution in [2.45, 2.75) is 45.4 Å². The largest absolute Gasteiger partial charge is 0.338 e. The van der Waals surface area contributed by atoms with Gasteiger partial charge in [0.25, 0.3) is 5.56 Å². The number of nitrogens with zero attached hydrogens (tertiary/aromatic N) is 3. The van der Waals surface area contributed by atoms with Gasteiger partial charge in [-0.05, 0) is 38.0 Å². The van der Waals surface area contributed by atoms with Crippen molar-refractivity contribution in [2.75, 3.05) is 12.3 Å². The number of carbonyl (C=O) groups excluding carboxylic acids is 1. The molecule has 0 radical (unpaired) electrons. The minimum atomic E-state index is -0.0573. The number of aryl methyl sites for hydroxylation is 1. The van der Waals surface area contributed by atoms with E-state index in [0.717, 1.165) is 12.0 Å². The maximum Gasteiger partial charge on any atom is 0.262 e. The number of aromatic nitrogens is 2. The van der Waals surface area contributed by atoms with E-state index in [4.69, 9.17) is 0 Å². The van der Waals surface area contributed by atoms with Crippen LogP contribution in [-0.2, 0) is 17.9 Å². The third-order valence-electron chi connectivity index (χ3n) is 4.81. The van der Waals surface area contributed by atoms with Crippen LogP contribution in [0, 0.1) is 6.92 Å². The Kier molecular flexibility index (Phi) is 7.09. The Hall–Kier alpha value is -2.60. The smallest absolute Gasteiger partial charge is 0.262 e. The van der Waals surface area contributed by atoms with Crippen molar-refractivity contribution >= 4 is 28.6 Å². The fourth-order valence-electron chi connectivity index (χ4n) is 3.23. The van der Waals surface area contributed by atoms with Crippen molar-refractivity contribution in [3.8, 4) is 0 Å². The highest BCUT2D eigenvalue weighted by molar-refractivity contribution is 7.99. The minimum absolute atomic E-state index is 0.0573. The van der Waals surface area contributed by atoms with Gasteiger partial charge in [-0.2, -0.15) is 0 Å². The first-order valence-electron chi connectivity index (χ1n) is 9.99. The van der Waals surface area contributed by atoms with Crippen molar-refractivity contribution in [2.24, 2.45) is 0 Å². The van der Waals surface area contributed by atoms with Gasteiger partial charge in [-0.25, -0.2) is 4.98 Å². The lowest BCUT2D eigenvalue weighted by atomic mass is 10.1. The Labute approximate surface area is 175 Å². The lowest BCUT2D eigenvalue weighted by Gasteiger charge is -2.22. The molecule has 6 heteroatoms. The number of rotatable bonds is 8. The quantitative estimate of drug-likeness (QED) is 0.412. The highest BCUT2D eigenvalue weighted by atomic mass is 32.2. The number of hydrogen-bond donors (Lipinski definition) is 0. The molecule has 3 rings (SSSR count). The molecule has 0 N–H and O–H groups in total. The van der Waals surface area contributed by atoms with Crippen LogP contribution in [0.2, 0.25) is 0 Å². The Bertz CT molecular complexity index is 1040. The second-order valence-corrected chi connectivity index (χ2v) is 7.99. The van der Waals surface area contributed by atoms with E-state index in [-0.39, 0.29) is 17.2 Å². The zero-order valence-electron chi connectivity index (χ0n) is 17.2. The van der Waals surface area contributed by atoms with Crippen molar-refractivity contribution in [1.29, 1.82) is 0 Å². The predicted molar refractivity (Wildman–Crippen MR) is 119 cm³/mol. The summed E-state index contributed by atoms with van der Waals surface area (Å²) in [5, 5.41) is 1.20. The summed E-state index contributed by atoms with van der Waals surface area (Å²) in [5.74, 6) is 0.318. The molecule has 0 unspecified atom stereocenters. The first kappa shape index (κ1) is 21.1. The summed E-state index contributed by atoms with van der Waals surface area (Å²) in [6.45, 7) is 7.87. The third-order valence-corrected chi connectivity index (χ3v) is 5.77. The molecule has 29 heavy (non-hydrogen) atoms.